The maximum atomic E-state index is 12.1. The van der Waals surface area contributed by atoms with Crippen molar-refractivity contribution in [3.63, 3.8) is 0 Å². The quantitative estimate of drug-likeness (QED) is 0.184. The second-order valence-electron chi connectivity index (χ2n) is 9.23. The molecule has 4 N–H and O–H groups in total. The highest BCUT2D eigenvalue weighted by atomic mass is 32.2. The lowest BCUT2D eigenvalue weighted by molar-refractivity contribution is -0.245. The third kappa shape index (κ3) is 8.79. The van der Waals surface area contributed by atoms with Gasteiger partial charge in [-0.15, -0.1) is 11.8 Å². The zero-order valence-corrected chi connectivity index (χ0v) is 23.3. The van der Waals surface area contributed by atoms with Crippen molar-refractivity contribution in [2.45, 2.75) is 43.3 Å². The van der Waals surface area contributed by atoms with Crippen LogP contribution < -0.4 is 10.6 Å². The number of carbonyl (C=O) groups excluding carboxylic acids is 2. The molecule has 1 saturated heterocycles. The molecule has 0 aliphatic carbocycles. The van der Waals surface area contributed by atoms with Crippen LogP contribution >= 0.6 is 11.8 Å². The number of urea groups is 1. The number of rotatable bonds is 11. The second-order valence-corrected chi connectivity index (χ2v) is 10.3. The Morgan fingerprint density at radius 2 is 1.63 bits per heavy atom. The van der Waals surface area contributed by atoms with Gasteiger partial charge in [0.2, 0.25) is 0 Å². The fourth-order valence-corrected chi connectivity index (χ4v) is 5.09. The number of aliphatic hydroxyl groups is 1. The van der Waals surface area contributed by atoms with Gasteiger partial charge in [0.05, 0.1) is 31.0 Å². The number of hydrogen-bond acceptors (Lipinski definition) is 8. The maximum Gasteiger partial charge on any atom is 0.335 e. The molecule has 0 saturated carbocycles. The Morgan fingerprint density at radius 1 is 0.951 bits per heavy atom. The van der Waals surface area contributed by atoms with Gasteiger partial charge in [-0.05, 0) is 54.4 Å². The average molecular weight is 581 g/mol. The highest BCUT2D eigenvalue weighted by Gasteiger charge is 2.32. The number of anilines is 1. The lowest BCUT2D eigenvalue weighted by atomic mass is 10.0. The van der Waals surface area contributed by atoms with Crippen molar-refractivity contribution in [1.82, 2.24) is 5.32 Å². The number of amides is 2. The van der Waals surface area contributed by atoms with E-state index in [9.17, 15) is 19.5 Å². The molecular weight excluding hydrogens is 548 g/mol. The molecule has 10 nitrogen and oxygen atoms in total. The number of carbonyl (C=O) groups is 3. The third-order valence-electron chi connectivity index (χ3n) is 6.29. The fraction of sp³-hybridized carbons (Fsp3) is 0.300. The molecule has 0 aromatic heterocycles. The largest absolute Gasteiger partial charge is 0.478 e. The molecule has 0 spiro atoms. The summed E-state index contributed by atoms with van der Waals surface area (Å²) in [5.74, 6) is -0.863. The zero-order valence-electron chi connectivity index (χ0n) is 22.4. The van der Waals surface area contributed by atoms with Crippen LogP contribution in [-0.4, -0.2) is 53.2 Å². The van der Waals surface area contributed by atoms with Gasteiger partial charge in [-0.1, -0.05) is 36.4 Å². The van der Waals surface area contributed by atoms with Crippen LogP contribution in [0, 0.1) is 0 Å². The summed E-state index contributed by atoms with van der Waals surface area (Å²) >= 11 is 1.57. The summed E-state index contributed by atoms with van der Waals surface area (Å²) in [5.41, 5.74) is 3.30. The number of aromatic carboxylic acids is 1. The van der Waals surface area contributed by atoms with E-state index in [1.54, 1.807) is 67.2 Å². The van der Waals surface area contributed by atoms with Gasteiger partial charge in [-0.2, -0.15) is 0 Å². The number of benzene rings is 3. The molecule has 1 heterocycles. The van der Waals surface area contributed by atoms with Crippen LogP contribution in [0.15, 0.2) is 77.7 Å². The second kappa shape index (κ2) is 14.6. The Morgan fingerprint density at radius 3 is 2.27 bits per heavy atom. The van der Waals surface area contributed by atoms with Gasteiger partial charge in [-0.25, -0.2) is 9.59 Å². The number of hydrogen-bond donors (Lipinski definition) is 4. The monoisotopic (exact) mass is 580 g/mol. The van der Waals surface area contributed by atoms with E-state index in [4.69, 9.17) is 19.3 Å². The molecule has 11 heteroatoms. The molecule has 2 amide bonds. The highest BCUT2D eigenvalue weighted by molar-refractivity contribution is 7.99. The molecule has 0 bridgehead atoms. The Bertz CT molecular complexity index is 1320. The van der Waals surface area contributed by atoms with E-state index in [-0.39, 0.29) is 37.5 Å². The van der Waals surface area contributed by atoms with E-state index in [0.717, 1.165) is 21.6 Å². The van der Waals surface area contributed by atoms with Crippen LogP contribution in [0.5, 0.6) is 0 Å². The van der Waals surface area contributed by atoms with Gasteiger partial charge in [-0.3, -0.25) is 4.79 Å². The van der Waals surface area contributed by atoms with Crippen LogP contribution in [0.2, 0.25) is 0 Å². The number of carboxylic acids is 1. The summed E-state index contributed by atoms with van der Waals surface area (Å²) in [6, 6.07) is 20.9. The summed E-state index contributed by atoms with van der Waals surface area (Å²) in [6.07, 6.45) is -0.493. The van der Waals surface area contributed by atoms with Crippen LogP contribution in [0.4, 0.5) is 10.5 Å². The van der Waals surface area contributed by atoms with Crippen LogP contribution in [-0.2, 0) is 25.6 Å². The normalized spacial score (nSPS) is 18.3. The predicted molar refractivity (Wildman–Crippen MR) is 153 cm³/mol. The van der Waals surface area contributed by atoms with E-state index >= 15 is 0 Å². The first kappa shape index (κ1) is 30.1. The van der Waals surface area contributed by atoms with Crippen LogP contribution in [0.3, 0.4) is 0 Å². The molecule has 3 aromatic carbocycles. The Kier molecular flexibility index (Phi) is 10.7. The van der Waals surface area contributed by atoms with Crippen LogP contribution in [0.1, 0.15) is 52.8 Å². The van der Waals surface area contributed by atoms with Crippen molar-refractivity contribution in [1.29, 1.82) is 0 Å². The number of esters is 1. The van der Waals surface area contributed by atoms with E-state index in [2.05, 4.69) is 10.6 Å². The van der Waals surface area contributed by atoms with E-state index < -0.39 is 24.3 Å². The fourth-order valence-electron chi connectivity index (χ4n) is 4.17. The lowest BCUT2D eigenvalue weighted by Gasteiger charge is -2.36. The molecule has 216 valence electrons. The first-order chi connectivity index (χ1) is 19.8. The topological polar surface area (TPSA) is 143 Å². The number of carboxylic acid groups (broad SMARTS) is 1. The first-order valence-electron chi connectivity index (χ1n) is 13.1. The van der Waals surface area contributed by atoms with E-state index in [1.165, 1.54) is 0 Å². The highest BCUT2D eigenvalue weighted by Crippen LogP contribution is 2.39. The predicted octanol–water partition coefficient (Wildman–Crippen LogP) is 4.90. The van der Waals surface area contributed by atoms with Gasteiger partial charge in [0.15, 0.2) is 6.29 Å². The van der Waals surface area contributed by atoms with Crippen LogP contribution in [0.25, 0.3) is 0 Å². The number of ether oxygens (including phenoxy) is 3. The standard InChI is InChI=1S/C30H32N2O8S/c1-2-38-27(34)16-31-30(37)32-23-11-7-22(8-12-23)29-39-24(18-41-25-13-9-21(10-14-25)28(35)36)15-26(40-29)20-5-3-19(17-33)4-6-20/h3-14,24,26,29,33H,2,15-18H2,1H3,(H,35,36)(H2,31,32,37)/t24-,26+,29+/m0/s1. The Balaban J connectivity index is 1.43. The molecule has 3 atom stereocenters. The van der Waals surface area contributed by atoms with Gasteiger partial charge in [0.25, 0.3) is 0 Å². The smallest absolute Gasteiger partial charge is 0.335 e. The molecule has 0 radical (unpaired) electrons. The van der Waals surface area contributed by atoms with Gasteiger partial charge in [0.1, 0.15) is 6.54 Å². The summed E-state index contributed by atoms with van der Waals surface area (Å²) < 4.78 is 17.5. The third-order valence-corrected chi connectivity index (χ3v) is 7.44. The van der Waals surface area contributed by atoms with Crippen molar-refractivity contribution < 1.29 is 38.8 Å². The summed E-state index contributed by atoms with van der Waals surface area (Å²) in [6.45, 7) is 1.66. The molecule has 3 aromatic rings. The lowest BCUT2D eigenvalue weighted by Crippen LogP contribution is -2.34. The summed E-state index contributed by atoms with van der Waals surface area (Å²) in [7, 11) is 0. The Hall–Kier alpha value is -3.90. The molecule has 1 fully saturated rings. The average Bonchev–Trinajstić information content (AvgIpc) is 2.99. The van der Waals surface area contributed by atoms with Gasteiger partial charge in [0, 0.05) is 28.3 Å². The molecule has 4 rings (SSSR count). The van der Waals surface area contributed by atoms with E-state index in [0.29, 0.717) is 17.9 Å². The van der Waals surface area contributed by atoms with Crippen molar-refractivity contribution >= 4 is 35.4 Å². The van der Waals surface area contributed by atoms with Crippen molar-refractivity contribution in [3.8, 4) is 0 Å². The van der Waals surface area contributed by atoms with Gasteiger partial charge < -0.3 is 35.1 Å². The zero-order chi connectivity index (χ0) is 29.2. The molecule has 1 aliphatic heterocycles. The first-order valence-corrected chi connectivity index (χ1v) is 14.1. The minimum atomic E-state index is -0.967. The van der Waals surface area contributed by atoms with Crippen molar-refractivity contribution in [2.24, 2.45) is 0 Å². The van der Waals surface area contributed by atoms with Gasteiger partial charge >= 0.3 is 18.0 Å². The molecule has 1 aliphatic rings. The van der Waals surface area contributed by atoms with Crippen molar-refractivity contribution in [3.05, 3.63) is 95.1 Å². The number of aliphatic hydroxyl groups excluding tert-OH is 1. The Labute approximate surface area is 242 Å². The summed E-state index contributed by atoms with van der Waals surface area (Å²) in [5, 5.41) is 23.7. The maximum absolute atomic E-state index is 12.1. The minimum Gasteiger partial charge on any atom is -0.478 e. The van der Waals surface area contributed by atoms with Crippen molar-refractivity contribution in [2.75, 3.05) is 24.2 Å². The molecular formula is C30H32N2O8S. The SMILES string of the molecule is CCOC(=O)CNC(=O)Nc1ccc([C@@H]2O[C@H](CSc3ccc(C(=O)O)cc3)C[C@H](c3ccc(CO)cc3)O2)cc1. The number of thioether (sulfide) groups is 1. The van der Waals surface area contributed by atoms with E-state index in [1.807, 2.05) is 24.3 Å². The number of nitrogens with one attached hydrogen (secondary N) is 2. The summed E-state index contributed by atoms with van der Waals surface area (Å²) in [4.78, 5) is 35.6. The molecule has 0 unspecified atom stereocenters. The molecule has 41 heavy (non-hydrogen) atoms. The minimum absolute atomic E-state index is 0.0430.